The third-order valence-electron chi connectivity index (χ3n) is 2.60. The molecule has 0 bridgehead atoms. The highest BCUT2D eigenvalue weighted by molar-refractivity contribution is 5.58. The van der Waals surface area contributed by atoms with Gasteiger partial charge in [0.25, 0.3) is 5.56 Å². The van der Waals surface area contributed by atoms with E-state index in [-0.39, 0.29) is 17.3 Å². The first-order valence-electron chi connectivity index (χ1n) is 5.36. The number of aryl methyl sites for hydroxylation is 2. The van der Waals surface area contributed by atoms with Crippen LogP contribution in [0.25, 0.3) is 0 Å². The Morgan fingerprint density at radius 1 is 1.33 bits per heavy atom. The number of nitrogen functional groups attached to an aromatic ring is 1. The molecule has 18 heavy (non-hydrogen) atoms. The van der Waals surface area contributed by atoms with E-state index < -0.39 is 0 Å². The van der Waals surface area contributed by atoms with Crippen LogP contribution in [0.5, 0.6) is 0 Å². The number of hydrogen-bond acceptors (Lipinski definition) is 4. The van der Waals surface area contributed by atoms with E-state index >= 15 is 0 Å². The molecular weight excluding hydrogens is 235 g/mol. The van der Waals surface area contributed by atoms with Crippen LogP contribution in [0.4, 0.5) is 16.0 Å². The highest BCUT2D eigenvalue weighted by Crippen LogP contribution is 2.18. The topological polar surface area (TPSA) is 72.9 Å². The number of anilines is 2. The number of nitrogens with two attached hydrogens (primary N) is 1. The molecule has 0 aliphatic carbocycles. The van der Waals surface area contributed by atoms with Crippen molar-refractivity contribution in [2.24, 2.45) is 0 Å². The van der Waals surface area contributed by atoms with Gasteiger partial charge in [-0.05, 0) is 37.6 Å². The quantitative estimate of drug-likeness (QED) is 0.789. The van der Waals surface area contributed by atoms with Crippen LogP contribution in [0.3, 0.4) is 0 Å². The molecule has 0 fully saturated rings. The molecule has 0 radical (unpaired) electrons. The number of hydrogen-bond donors (Lipinski definition) is 2. The first-order valence-corrected chi connectivity index (χ1v) is 5.36. The maximum Gasteiger partial charge on any atom is 0.276 e. The van der Waals surface area contributed by atoms with Crippen molar-refractivity contribution in [3.05, 3.63) is 51.7 Å². The Hall–Kier alpha value is -2.37. The van der Waals surface area contributed by atoms with Gasteiger partial charge in [0.15, 0.2) is 0 Å². The molecule has 0 amide bonds. The van der Waals surface area contributed by atoms with Gasteiger partial charge in [-0.25, -0.2) is 9.37 Å². The molecule has 5 nitrogen and oxygen atoms in total. The fourth-order valence-electron chi connectivity index (χ4n) is 1.54. The predicted octanol–water partition coefficient (Wildman–Crippen LogP) is 1.46. The molecule has 6 heteroatoms. The SMILES string of the molecule is Cc1cc(F)ccc1Nc1ncc(C)c(=O)n1N. The molecule has 94 valence electrons. The fourth-order valence-corrected chi connectivity index (χ4v) is 1.54. The van der Waals surface area contributed by atoms with Gasteiger partial charge in [-0.15, -0.1) is 0 Å². The van der Waals surface area contributed by atoms with Gasteiger partial charge in [0, 0.05) is 17.4 Å². The summed E-state index contributed by atoms with van der Waals surface area (Å²) in [6.45, 7) is 3.38. The van der Waals surface area contributed by atoms with Gasteiger partial charge in [0.1, 0.15) is 5.82 Å². The van der Waals surface area contributed by atoms with Crippen LogP contribution in [-0.2, 0) is 0 Å². The predicted molar refractivity (Wildman–Crippen MR) is 67.8 cm³/mol. The molecule has 0 aliphatic heterocycles. The highest BCUT2D eigenvalue weighted by Gasteiger charge is 2.07. The number of rotatable bonds is 2. The first-order chi connectivity index (χ1) is 8.49. The summed E-state index contributed by atoms with van der Waals surface area (Å²) in [6.07, 6.45) is 1.44. The Morgan fingerprint density at radius 2 is 2.06 bits per heavy atom. The summed E-state index contributed by atoms with van der Waals surface area (Å²) in [4.78, 5) is 15.6. The van der Waals surface area contributed by atoms with E-state index in [1.54, 1.807) is 19.9 Å². The van der Waals surface area contributed by atoms with Crippen molar-refractivity contribution in [1.82, 2.24) is 9.66 Å². The van der Waals surface area contributed by atoms with Crippen molar-refractivity contribution in [2.45, 2.75) is 13.8 Å². The van der Waals surface area contributed by atoms with E-state index in [9.17, 15) is 9.18 Å². The second-order valence-corrected chi connectivity index (χ2v) is 4.02. The fraction of sp³-hybridized carbons (Fsp3) is 0.167. The first kappa shape index (κ1) is 12.1. The van der Waals surface area contributed by atoms with Crippen molar-refractivity contribution >= 4 is 11.6 Å². The van der Waals surface area contributed by atoms with Crippen LogP contribution in [0.2, 0.25) is 0 Å². The third-order valence-corrected chi connectivity index (χ3v) is 2.60. The smallest absolute Gasteiger partial charge is 0.276 e. The molecular formula is C12H13FN4O. The lowest BCUT2D eigenvalue weighted by Crippen LogP contribution is -2.31. The van der Waals surface area contributed by atoms with E-state index in [2.05, 4.69) is 10.3 Å². The molecule has 0 saturated carbocycles. The molecule has 0 aliphatic rings. The van der Waals surface area contributed by atoms with Gasteiger partial charge < -0.3 is 11.2 Å². The average Bonchev–Trinajstić information content (AvgIpc) is 2.33. The molecule has 0 atom stereocenters. The minimum Gasteiger partial charge on any atom is -0.333 e. The van der Waals surface area contributed by atoms with Gasteiger partial charge >= 0.3 is 0 Å². The Kier molecular flexibility index (Phi) is 3.01. The zero-order chi connectivity index (χ0) is 13.3. The van der Waals surface area contributed by atoms with E-state index in [4.69, 9.17) is 5.84 Å². The van der Waals surface area contributed by atoms with Crippen molar-refractivity contribution in [1.29, 1.82) is 0 Å². The summed E-state index contributed by atoms with van der Waals surface area (Å²) in [5, 5.41) is 2.90. The van der Waals surface area contributed by atoms with Gasteiger partial charge in [0.2, 0.25) is 5.95 Å². The normalized spacial score (nSPS) is 10.4. The molecule has 1 aromatic heterocycles. The highest BCUT2D eigenvalue weighted by atomic mass is 19.1. The molecule has 0 saturated heterocycles. The number of aromatic nitrogens is 2. The lowest BCUT2D eigenvalue weighted by Gasteiger charge is -2.11. The van der Waals surface area contributed by atoms with Crippen LogP contribution in [0, 0.1) is 19.7 Å². The molecule has 2 rings (SSSR count). The van der Waals surface area contributed by atoms with E-state index in [1.807, 2.05) is 0 Å². The molecule has 3 N–H and O–H groups in total. The second kappa shape index (κ2) is 4.48. The van der Waals surface area contributed by atoms with Crippen LogP contribution in [-0.4, -0.2) is 9.66 Å². The van der Waals surface area contributed by atoms with Crippen molar-refractivity contribution in [3.63, 3.8) is 0 Å². The minimum atomic E-state index is -0.327. The summed E-state index contributed by atoms with van der Waals surface area (Å²) >= 11 is 0. The maximum absolute atomic E-state index is 13.0. The average molecular weight is 248 g/mol. The largest absolute Gasteiger partial charge is 0.333 e. The van der Waals surface area contributed by atoms with E-state index in [0.717, 1.165) is 4.68 Å². The number of halogens is 1. The third kappa shape index (κ3) is 2.17. The summed E-state index contributed by atoms with van der Waals surface area (Å²) in [5.41, 5.74) is 1.47. The van der Waals surface area contributed by atoms with Crippen molar-refractivity contribution < 1.29 is 4.39 Å². The second-order valence-electron chi connectivity index (χ2n) is 4.02. The lowest BCUT2D eigenvalue weighted by atomic mass is 10.2. The lowest BCUT2D eigenvalue weighted by molar-refractivity contribution is 0.627. The standard InChI is InChI=1S/C12H13FN4O/c1-7-5-9(13)3-4-10(7)16-12-15-6-8(2)11(18)17(12)14/h3-6H,14H2,1-2H3,(H,15,16). The van der Waals surface area contributed by atoms with Crippen LogP contribution >= 0.6 is 0 Å². The van der Waals surface area contributed by atoms with Gasteiger partial charge in [0.05, 0.1) is 0 Å². The number of nitrogens with one attached hydrogen (secondary N) is 1. The van der Waals surface area contributed by atoms with Crippen molar-refractivity contribution in [2.75, 3.05) is 11.2 Å². The molecule has 0 unspecified atom stereocenters. The van der Waals surface area contributed by atoms with E-state index in [1.165, 1.54) is 18.3 Å². The van der Waals surface area contributed by atoms with E-state index in [0.29, 0.717) is 16.8 Å². The zero-order valence-electron chi connectivity index (χ0n) is 10.1. The van der Waals surface area contributed by atoms with Crippen LogP contribution in [0.1, 0.15) is 11.1 Å². The van der Waals surface area contributed by atoms with Gasteiger partial charge in [-0.1, -0.05) is 0 Å². The maximum atomic E-state index is 13.0. The number of nitrogens with zero attached hydrogens (tertiary/aromatic N) is 2. The minimum absolute atomic E-state index is 0.209. The Labute approximate surface area is 103 Å². The monoisotopic (exact) mass is 248 g/mol. The van der Waals surface area contributed by atoms with Gasteiger partial charge in [-0.3, -0.25) is 4.79 Å². The summed E-state index contributed by atoms with van der Waals surface area (Å²) < 4.78 is 13.9. The Bertz CT molecular complexity index is 651. The summed E-state index contributed by atoms with van der Waals surface area (Å²) in [6, 6.07) is 4.27. The Balaban J connectivity index is 2.40. The summed E-state index contributed by atoms with van der Waals surface area (Å²) in [7, 11) is 0. The zero-order valence-corrected chi connectivity index (χ0v) is 10.1. The molecule has 1 aromatic carbocycles. The molecule has 2 aromatic rings. The number of benzene rings is 1. The van der Waals surface area contributed by atoms with Crippen molar-refractivity contribution in [3.8, 4) is 0 Å². The van der Waals surface area contributed by atoms with Crippen LogP contribution < -0.4 is 16.7 Å². The molecule has 0 spiro atoms. The Morgan fingerprint density at radius 3 is 2.72 bits per heavy atom. The molecule has 1 heterocycles. The summed E-state index contributed by atoms with van der Waals surface area (Å²) in [5.74, 6) is 5.51. The van der Waals surface area contributed by atoms with Crippen LogP contribution in [0.15, 0.2) is 29.2 Å². The van der Waals surface area contributed by atoms with Gasteiger partial charge in [-0.2, -0.15) is 4.68 Å².